The van der Waals surface area contributed by atoms with Gasteiger partial charge in [0.1, 0.15) is 5.15 Å². The minimum absolute atomic E-state index is 0.257. The van der Waals surface area contributed by atoms with E-state index in [0.717, 1.165) is 5.39 Å². The molecule has 0 bridgehead atoms. The van der Waals surface area contributed by atoms with Crippen molar-refractivity contribution in [1.29, 1.82) is 0 Å². The summed E-state index contributed by atoms with van der Waals surface area (Å²) in [5.41, 5.74) is 0.675. The van der Waals surface area contributed by atoms with E-state index in [9.17, 15) is 8.42 Å². The van der Waals surface area contributed by atoms with Gasteiger partial charge in [-0.2, -0.15) is 4.31 Å². The maximum absolute atomic E-state index is 12.4. The van der Waals surface area contributed by atoms with Crippen LogP contribution in [0, 0.1) is 0 Å². The summed E-state index contributed by atoms with van der Waals surface area (Å²) in [4.78, 5) is 4.40. The van der Waals surface area contributed by atoms with Gasteiger partial charge in [0.05, 0.1) is 10.4 Å². The van der Waals surface area contributed by atoms with Gasteiger partial charge in [0, 0.05) is 25.5 Å². The fourth-order valence-corrected chi connectivity index (χ4v) is 3.17. The molecule has 5 nitrogen and oxygen atoms in total. The fourth-order valence-electron chi connectivity index (χ4n) is 1.81. The first kappa shape index (κ1) is 15.2. The van der Waals surface area contributed by atoms with E-state index in [1.807, 2.05) is 0 Å². The van der Waals surface area contributed by atoms with Crippen LogP contribution in [0.25, 0.3) is 10.9 Å². The van der Waals surface area contributed by atoms with Gasteiger partial charge in [-0.1, -0.05) is 11.6 Å². The van der Waals surface area contributed by atoms with Crippen LogP contribution < -0.4 is 5.32 Å². The lowest BCUT2D eigenvalue weighted by Crippen LogP contribution is -2.32. The molecule has 20 heavy (non-hydrogen) atoms. The second-order valence-corrected chi connectivity index (χ2v) is 6.85. The SMILES string of the molecule is CNCCN(C)S(=O)(=O)c1ccc2nc(Cl)ccc2c1. The maximum Gasteiger partial charge on any atom is 0.242 e. The van der Waals surface area contributed by atoms with Gasteiger partial charge in [0.25, 0.3) is 0 Å². The molecule has 1 aromatic heterocycles. The first-order chi connectivity index (χ1) is 9.45. The van der Waals surface area contributed by atoms with E-state index in [4.69, 9.17) is 11.6 Å². The van der Waals surface area contributed by atoms with Gasteiger partial charge in [-0.25, -0.2) is 13.4 Å². The van der Waals surface area contributed by atoms with Crippen LogP contribution in [-0.2, 0) is 10.0 Å². The van der Waals surface area contributed by atoms with Crippen LogP contribution in [0.4, 0.5) is 0 Å². The van der Waals surface area contributed by atoms with E-state index in [1.165, 1.54) is 4.31 Å². The number of halogens is 1. The van der Waals surface area contributed by atoms with Crippen LogP contribution in [0.15, 0.2) is 35.2 Å². The van der Waals surface area contributed by atoms with Gasteiger partial charge < -0.3 is 5.32 Å². The molecule has 0 aliphatic heterocycles. The number of benzene rings is 1. The third-order valence-corrected chi connectivity index (χ3v) is 5.07. The highest BCUT2D eigenvalue weighted by Crippen LogP contribution is 2.21. The highest BCUT2D eigenvalue weighted by atomic mass is 35.5. The van der Waals surface area contributed by atoms with E-state index in [-0.39, 0.29) is 4.90 Å². The minimum Gasteiger partial charge on any atom is -0.318 e. The molecule has 2 aromatic rings. The fraction of sp³-hybridized carbons (Fsp3) is 0.308. The molecule has 1 aromatic carbocycles. The molecule has 0 unspecified atom stereocenters. The molecule has 1 heterocycles. The zero-order valence-corrected chi connectivity index (χ0v) is 12.9. The Labute approximate surface area is 123 Å². The summed E-state index contributed by atoms with van der Waals surface area (Å²) in [6.07, 6.45) is 0. The summed E-state index contributed by atoms with van der Waals surface area (Å²) in [6, 6.07) is 8.24. The number of rotatable bonds is 5. The zero-order chi connectivity index (χ0) is 14.8. The Morgan fingerprint density at radius 1 is 1.30 bits per heavy atom. The molecule has 0 amide bonds. The van der Waals surface area contributed by atoms with Gasteiger partial charge in [-0.15, -0.1) is 0 Å². The summed E-state index contributed by atoms with van der Waals surface area (Å²) in [5, 5.41) is 4.06. The van der Waals surface area contributed by atoms with Crippen molar-refractivity contribution in [2.45, 2.75) is 4.90 Å². The van der Waals surface area contributed by atoms with E-state index >= 15 is 0 Å². The lowest BCUT2D eigenvalue weighted by Gasteiger charge is -2.17. The van der Waals surface area contributed by atoms with Crippen molar-refractivity contribution in [3.63, 3.8) is 0 Å². The molecule has 0 saturated carbocycles. The lowest BCUT2D eigenvalue weighted by molar-refractivity contribution is 0.466. The van der Waals surface area contributed by atoms with Crippen molar-refractivity contribution < 1.29 is 8.42 Å². The largest absolute Gasteiger partial charge is 0.318 e. The van der Waals surface area contributed by atoms with Crippen molar-refractivity contribution in [2.75, 3.05) is 27.2 Å². The van der Waals surface area contributed by atoms with E-state index in [2.05, 4.69) is 10.3 Å². The molecule has 0 fully saturated rings. The molecular formula is C13H16ClN3O2S. The molecule has 0 atom stereocenters. The average molecular weight is 314 g/mol. The lowest BCUT2D eigenvalue weighted by atomic mass is 10.2. The van der Waals surface area contributed by atoms with E-state index < -0.39 is 10.0 Å². The van der Waals surface area contributed by atoms with Crippen molar-refractivity contribution >= 4 is 32.5 Å². The molecular weight excluding hydrogens is 298 g/mol. The summed E-state index contributed by atoms with van der Waals surface area (Å²) in [6.45, 7) is 1.01. The van der Waals surface area contributed by atoms with Gasteiger partial charge in [-0.3, -0.25) is 0 Å². The summed E-state index contributed by atoms with van der Waals surface area (Å²) < 4.78 is 26.1. The third-order valence-electron chi connectivity index (χ3n) is 3.01. The van der Waals surface area contributed by atoms with Crippen LogP contribution in [0.2, 0.25) is 5.15 Å². The molecule has 0 aliphatic carbocycles. The minimum atomic E-state index is -3.48. The Hall–Kier alpha value is -1.21. The predicted molar refractivity (Wildman–Crippen MR) is 80.5 cm³/mol. The number of fused-ring (bicyclic) bond motifs is 1. The molecule has 7 heteroatoms. The number of aromatic nitrogens is 1. The van der Waals surface area contributed by atoms with Crippen LogP contribution in [0.1, 0.15) is 0 Å². The summed E-state index contributed by atoms with van der Waals surface area (Å²) >= 11 is 5.81. The van der Waals surface area contributed by atoms with Gasteiger partial charge >= 0.3 is 0 Å². The predicted octanol–water partition coefficient (Wildman–Crippen LogP) is 1.73. The first-order valence-electron chi connectivity index (χ1n) is 6.12. The monoisotopic (exact) mass is 313 g/mol. The maximum atomic E-state index is 12.4. The van der Waals surface area contributed by atoms with Crippen LogP contribution >= 0.6 is 11.6 Å². The van der Waals surface area contributed by atoms with Crippen molar-refractivity contribution in [3.05, 3.63) is 35.5 Å². The highest BCUT2D eigenvalue weighted by Gasteiger charge is 2.20. The second kappa shape index (κ2) is 6.05. The smallest absolute Gasteiger partial charge is 0.242 e. The van der Waals surface area contributed by atoms with Crippen molar-refractivity contribution in [2.24, 2.45) is 0 Å². The number of nitrogens with one attached hydrogen (secondary N) is 1. The number of pyridine rings is 1. The molecule has 0 spiro atoms. The van der Waals surface area contributed by atoms with Crippen molar-refractivity contribution in [1.82, 2.24) is 14.6 Å². The second-order valence-electron chi connectivity index (χ2n) is 4.42. The Balaban J connectivity index is 2.39. The van der Waals surface area contributed by atoms with Crippen LogP contribution in [-0.4, -0.2) is 44.9 Å². The van der Waals surface area contributed by atoms with Gasteiger partial charge in [-0.05, 0) is 37.4 Å². The van der Waals surface area contributed by atoms with E-state index in [1.54, 1.807) is 44.4 Å². The Bertz CT molecular complexity index is 719. The molecule has 1 N–H and O–H groups in total. The standard InChI is InChI=1S/C13H16ClN3O2S/c1-15-7-8-17(2)20(18,19)11-4-5-12-10(9-11)3-6-13(14)16-12/h3-6,9,15H,7-8H2,1-2H3. The Kier molecular flexibility index (Phi) is 4.59. The molecule has 0 aliphatic rings. The van der Waals surface area contributed by atoms with E-state index in [0.29, 0.717) is 23.8 Å². The number of hydrogen-bond donors (Lipinski definition) is 1. The Morgan fingerprint density at radius 3 is 2.75 bits per heavy atom. The quantitative estimate of drug-likeness (QED) is 0.854. The first-order valence-corrected chi connectivity index (χ1v) is 7.94. The van der Waals surface area contributed by atoms with Crippen molar-refractivity contribution in [3.8, 4) is 0 Å². The highest BCUT2D eigenvalue weighted by molar-refractivity contribution is 7.89. The normalized spacial score (nSPS) is 12.2. The molecule has 0 saturated heterocycles. The number of hydrogen-bond acceptors (Lipinski definition) is 4. The number of sulfonamides is 1. The third kappa shape index (κ3) is 3.09. The molecule has 108 valence electrons. The van der Waals surface area contributed by atoms with Crippen LogP contribution in [0.5, 0.6) is 0 Å². The van der Waals surface area contributed by atoms with Gasteiger partial charge in [0.15, 0.2) is 0 Å². The summed E-state index contributed by atoms with van der Waals surface area (Å²) in [5.74, 6) is 0. The Morgan fingerprint density at radius 2 is 2.05 bits per heavy atom. The zero-order valence-electron chi connectivity index (χ0n) is 11.3. The number of nitrogens with zero attached hydrogens (tertiary/aromatic N) is 2. The topological polar surface area (TPSA) is 62.3 Å². The average Bonchev–Trinajstić information content (AvgIpc) is 2.43. The molecule has 0 radical (unpaired) electrons. The van der Waals surface area contributed by atoms with Gasteiger partial charge in [0.2, 0.25) is 10.0 Å². The number of likely N-dealkylation sites (N-methyl/N-ethyl adjacent to an activating group) is 2. The summed E-state index contributed by atoms with van der Waals surface area (Å²) in [7, 11) is -0.130. The molecule has 2 rings (SSSR count). The van der Waals surface area contributed by atoms with Crippen LogP contribution in [0.3, 0.4) is 0 Å².